The SMILES string of the molecule is O=C(c1ccccn1)[C@@H]1[C@H](c2ccc([N+](=O)[O-])cc2)[C@@H]2CSCN2[C@@]12C(=O)Nc1ccccc12. The van der Waals surface area contributed by atoms with Crippen LogP contribution < -0.4 is 5.32 Å². The average Bonchev–Trinajstić information content (AvgIpc) is 3.52. The number of thioether (sulfide) groups is 1. The summed E-state index contributed by atoms with van der Waals surface area (Å²) in [6.45, 7) is 0. The lowest BCUT2D eigenvalue weighted by Gasteiger charge is -2.36. The molecule has 0 bridgehead atoms. The number of amides is 1. The largest absolute Gasteiger partial charge is 0.324 e. The van der Waals surface area contributed by atoms with Crippen LogP contribution in [0.15, 0.2) is 72.9 Å². The van der Waals surface area contributed by atoms with Gasteiger partial charge in [-0.25, -0.2) is 0 Å². The van der Waals surface area contributed by atoms with Crippen molar-refractivity contribution >= 4 is 34.8 Å². The smallest absolute Gasteiger partial charge is 0.269 e. The number of non-ortho nitro benzene ring substituents is 1. The van der Waals surface area contributed by atoms with E-state index in [9.17, 15) is 19.7 Å². The van der Waals surface area contributed by atoms with E-state index in [1.54, 1.807) is 48.3 Å². The number of nitrogens with one attached hydrogen (secondary N) is 1. The summed E-state index contributed by atoms with van der Waals surface area (Å²) in [5.41, 5.74) is 1.45. The first-order chi connectivity index (χ1) is 16.5. The lowest BCUT2D eigenvalue weighted by molar-refractivity contribution is -0.384. The Kier molecular flexibility index (Phi) is 4.79. The molecule has 9 heteroatoms. The molecule has 170 valence electrons. The third-order valence-corrected chi connectivity index (χ3v) is 8.25. The Labute approximate surface area is 199 Å². The molecule has 1 spiro atoms. The minimum Gasteiger partial charge on any atom is -0.324 e. The van der Waals surface area contributed by atoms with Crippen LogP contribution in [0.4, 0.5) is 11.4 Å². The lowest BCUT2D eigenvalue weighted by Crippen LogP contribution is -2.52. The van der Waals surface area contributed by atoms with Gasteiger partial charge in [-0.3, -0.25) is 29.6 Å². The molecular formula is C25H20N4O4S. The number of nitro benzene ring substituents is 1. The number of benzene rings is 2. The molecule has 3 aliphatic heterocycles. The van der Waals surface area contributed by atoms with Gasteiger partial charge in [-0.15, -0.1) is 11.8 Å². The minimum atomic E-state index is -1.17. The van der Waals surface area contributed by atoms with E-state index in [2.05, 4.69) is 15.2 Å². The number of Topliss-reactive ketones (excluding diaryl/α,β-unsaturated/α-hetero) is 1. The summed E-state index contributed by atoms with van der Waals surface area (Å²) in [6.07, 6.45) is 1.58. The number of hydrogen-bond acceptors (Lipinski definition) is 7. The van der Waals surface area contributed by atoms with Crippen molar-refractivity contribution in [3.05, 3.63) is 99.9 Å². The van der Waals surface area contributed by atoms with Gasteiger partial charge in [0.05, 0.1) is 10.8 Å². The number of carbonyl (C=O) groups is 2. The maximum Gasteiger partial charge on any atom is 0.269 e. The second-order valence-electron chi connectivity index (χ2n) is 8.73. The maximum atomic E-state index is 14.2. The molecule has 3 aliphatic rings. The number of pyridine rings is 1. The predicted octanol–water partition coefficient (Wildman–Crippen LogP) is 3.81. The van der Waals surface area contributed by atoms with Gasteiger partial charge >= 0.3 is 0 Å². The topological polar surface area (TPSA) is 105 Å². The van der Waals surface area contributed by atoms with Crippen molar-refractivity contribution < 1.29 is 14.5 Å². The molecule has 2 saturated heterocycles. The molecule has 1 aromatic heterocycles. The molecule has 0 aliphatic carbocycles. The van der Waals surface area contributed by atoms with Crippen LogP contribution >= 0.6 is 11.8 Å². The van der Waals surface area contributed by atoms with Gasteiger partial charge in [0, 0.05) is 53.2 Å². The highest BCUT2D eigenvalue weighted by Gasteiger charge is 2.69. The first kappa shape index (κ1) is 21.0. The number of carbonyl (C=O) groups excluding carboxylic acids is 2. The molecule has 34 heavy (non-hydrogen) atoms. The Bertz CT molecular complexity index is 1320. The summed E-state index contributed by atoms with van der Waals surface area (Å²) < 4.78 is 0. The number of ketones is 1. The fourth-order valence-corrected chi connectivity index (χ4v) is 7.22. The summed E-state index contributed by atoms with van der Waals surface area (Å²) in [5.74, 6) is -0.108. The average molecular weight is 473 g/mol. The molecule has 2 aromatic carbocycles. The van der Waals surface area contributed by atoms with Gasteiger partial charge in [-0.1, -0.05) is 36.4 Å². The number of aromatic nitrogens is 1. The van der Waals surface area contributed by atoms with E-state index in [4.69, 9.17) is 0 Å². The molecular weight excluding hydrogens is 452 g/mol. The number of nitrogens with zero attached hydrogens (tertiary/aromatic N) is 3. The molecule has 2 fully saturated rings. The molecule has 8 nitrogen and oxygen atoms in total. The minimum absolute atomic E-state index is 0.00864. The Balaban J connectivity index is 1.59. The summed E-state index contributed by atoms with van der Waals surface area (Å²) in [6, 6.07) is 19.0. The van der Waals surface area contributed by atoms with Gasteiger partial charge < -0.3 is 5.32 Å². The zero-order valence-corrected chi connectivity index (χ0v) is 18.8. The molecule has 4 atom stereocenters. The van der Waals surface area contributed by atoms with Crippen molar-refractivity contribution in [1.82, 2.24) is 9.88 Å². The quantitative estimate of drug-likeness (QED) is 0.350. The second kappa shape index (κ2) is 7.75. The van der Waals surface area contributed by atoms with E-state index in [-0.39, 0.29) is 29.3 Å². The standard InChI is InChI=1S/C25H20N4O4S/c30-23(19-7-3-4-12-26-19)22-21(15-8-10-16(11-9-15)29(32)33)20-13-34-14-28(20)25(22)17-5-1-2-6-18(17)27-24(25)31/h1-12,20-22H,13-14H2,(H,27,31)/t20-,21+,22-,25+/m0/s1. The zero-order valence-electron chi connectivity index (χ0n) is 18.0. The van der Waals surface area contributed by atoms with Crippen LogP contribution in [-0.4, -0.2) is 44.2 Å². The molecule has 1 amide bonds. The van der Waals surface area contributed by atoms with Crippen molar-refractivity contribution in [2.75, 3.05) is 16.9 Å². The Morgan fingerprint density at radius 3 is 2.62 bits per heavy atom. The van der Waals surface area contributed by atoms with E-state index in [0.717, 1.165) is 16.9 Å². The van der Waals surface area contributed by atoms with Gasteiger partial charge in [0.1, 0.15) is 11.2 Å². The monoisotopic (exact) mass is 472 g/mol. The van der Waals surface area contributed by atoms with E-state index >= 15 is 0 Å². The number of hydrogen-bond donors (Lipinski definition) is 1. The summed E-state index contributed by atoms with van der Waals surface area (Å²) >= 11 is 1.73. The Morgan fingerprint density at radius 2 is 1.88 bits per heavy atom. The molecule has 0 unspecified atom stereocenters. The Hall–Kier alpha value is -3.56. The summed E-state index contributed by atoms with van der Waals surface area (Å²) in [4.78, 5) is 45.3. The Morgan fingerprint density at radius 1 is 1.12 bits per heavy atom. The first-order valence-electron chi connectivity index (χ1n) is 11.0. The highest BCUT2D eigenvalue weighted by molar-refractivity contribution is 7.99. The predicted molar refractivity (Wildman–Crippen MR) is 128 cm³/mol. The van der Waals surface area contributed by atoms with Crippen molar-refractivity contribution in [3.63, 3.8) is 0 Å². The van der Waals surface area contributed by atoms with E-state index in [0.29, 0.717) is 17.3 Å². The molecule has 1 N–H and O–H groups in total. The lowest BCUT2D eigenvalue weighted by atomic mass is 9.70. The maximum absolute atomic E-state index is 14.2. The van der Waals surface area contributed by atoms with Crippen LogP contribution in [0.25, 0.3) is 0 Å². The first-order valence-corrected chi connectivity index (χ1v) is 12.1. The van der Waals surface area contributed by atoms with E-state index in [1.807, 2.05) is 24.3 Å². The van der Waals surface area contributed by atoms with E-state index in [1.165, 1.54) is 12.1 Å². The van der Waals surface area contributed by atoms with Crippen LogP contribution in [0.1, 0.15) is 27.5 Å². The zero-order chi connectivity index (χ0) is 23.4. The van der Waals surface area contributed by atoms with Gasteiger partial charge in [-0.05, 0) is 23.8 Å². The van der Waals surface area contributed by atoms with Crippen LogP contribution in [0.3, 0.4) is 0 Å². The molecule has 0 radical (unpaired) electrons. The number of para-hydroxylation sites is 1. The third-order valence-electron chi connectivity index (χ3n) is 7.22. The van der Waals surface area contributed by atoms with Crippen molar-refractivity contribution in [2.45, 2.75) is 17.5 Å². The number of rotatable bonds is 4. The fraction of sp³-hybridized carbons (Fsp3) is 0.240. The second-order valence-corrected chi connectivity index (χ2v) is 9.73. The summed E-state index contributed by atoms with van der Waals surface area (Å²) in [7, 11) is 0. The van der Waals surface area contributed by atoms with Crippen LogP contribution in [0, 0.1) is 16.0 Å². The molecule has 3 aromatic rings. The molecule has 6 rings (SSSR count). The van der Waals surface area contributed by atoms with E-state index < -0.39 is 16.4 Å². The highest BCUT2D eigenvalue weighted by atomic mass is 32.2. The third kappa shape index (κ3) is 2.80. The van der Waals surface area contributed by atoms with Crippen LogP contribution in [0.2, 0.25) is 0 Å². The number of fused-ring (bicyclic) bond motifs is 4. The van der Waals surface area contributed by atoms with Crippen molar-refractivity contribution in [2.24, 2.45) is 5.92 Å². The molecule has 4 heterocycles. The fourth-order valence-electron chi connectivity index (χ4n) is 5.89. The van der Waals surface area contributed by atoms with Gasteiger partial charge in [-0.2, -0.15) is 0 Å². The summed E-state index contributed by atoms with van der Waals surface area (Å²) in [5, 5.41) is 14.3. The van der Waals surface area contributed by atoms with Crippen LogP contribution in [-0.2, 0) is 10.3 Å². The van der Waals surface area contributed by atoms with Crippen LogP contribution in [0.5, 0.6) is 0 Å². The van der Waals surface area contributed by atoms with Crippen molar-refractivity contribution in [3.8, 4) is 0 Å². The van der Waals surface area contributed by atoms with Gasteiger partial charge in [0.25, 0.3) is 5.69 Å². The number of nitro groups is 1. The van der Waals surface area contributed by atoms with Crippen molar-refractivity contribution in [1.29, 1.82) is 0 Å². The van der Waals surface area contributed by atoms with Gasteiger partial charge in [0.2, 0.25) is 5.91 Å². The highest BCUT2D eigenvalue weighted by Crippen LogP contribution is 2.61. The normalized spacial score (nSPS) is 27.4. The van der Waals surface area contributed by atoms with Gasteiger partial charge in [0.15, 0.2) is 5.78 Å². The number of anilines is 1. The molecule has 0 saturated carbocycles.